The summed E-state index contributed by atoms with van der Waals surface area (Å²) in [6, 6.07) is 0.671. The largest absolute Gasteiger partial charge is 0.500 e. The van der Waals surface area contributed by atoms with E-state index in [1.54, 1.807) is 33.7 Å². The first-order valence-electron chi connectivity index (χ1n) is 7.39. The van der Waals surface area contributed by atoms with E-state index in [1.807, 2.05) is 4.57 Å². The van der Waals surface area contributed by atoms with Gasteiger partial charge < -0.3 is 17.8 Å². The van der Waals surface area contributed by atoms with Gasteiger partial charge in [0.25, 0.3) is 10.1 Å². The minimum atomic E-state index is -3.99. The number of hydrogen-bond acceptors (Lipinski definition) is 6. The van der Waals surface area contributed by atoms with Crippen LogP contribution in [0.25, 0.3) is 0 Å². The van der Waals surface area contributed by atoms with Gasteiger partial charge in [-0.3, -0.25) is 4.55 Å². The maximum Gasteiger partial charge on any atom is 0.500 e. The molecular formula is C13H26N2O6SSi. The van der Waals surface area contributed by atoms with Crippen LogP contribution in [0.15, 0.2) is 12.4 Å². The highest BCUT2D eigenvalue weighted by Crippen LogP contribution is 2.17. The van der Waals surface area contributed by atoms with Crippen LogP contribution >= 0.6 is 0 Å². The summed E-state index contributed by atoms with van der Waals surface area (Å²) in [6.07, 6.45) is 5.31. The van der Waals surface area contributed by atoms with Crippen molar-refractivity contribution in [2.24, 2.45) is 0 Å². The molecule has 134 valence electrons. The number of aryl methyl sites for hydroxylation is 2. The molecule has 1 aromatic heterocycles. The van der Waals surface area contributed by atoms with Crippen molar-refractivity contribution in [3.05, 3.63) is 18.2 Å². The summed E-state index contributed by atoms with van der Waals surface area (Å²) < 4.78 is 49.1. The fraction of sp³-hybridized carbons (Fsp3) is 0.769. The SMILES string of the molecule is CO[Si](CCCc1nccn1CCC(C)S(=O)(=O)O)(OC)OC. The highest BCUT2D eigenvalue weighted by atomic mass is 32.2. The molecule has 8 nitrogen and oxygen atoms in total. The van der Waals surface area contributed by atoms with Crippen molar-refractivity contribution < 1.29 is 26.2 Å². The molecule has 0 fully saturated rings. The summed E-state index contributed by atoms with van der Waals surface area (Å²) in [7, 11) is -1.83. The van der Waals surface area contributed by atoms with Crippen LogP contribution in [-0.2, 0) is 36.4 Å². The van der Waals surface area contributed by atoms with Gasteiger partial charge in [0.15, 0.2) is 0 Å². The molecule has 1 atom stereocenters. The van der Waals surface area contributed by atoms with E-state index in [1.165, 1.54) is 6.92 Å². The predicted molar refractivity (Wildman–Crippen MR) is 87.8 cm³/mol. The van der Waals surface area contributed by atoms with E-state index in [9.17, 15) is 8.42 Å². The van der Waals surface area contributed by atoms with Crippen LogP contribution in [0.5, 0.6) is 0 Å². The summed E-state index contributed by atoms with van der Waals surface area (Å²) >= 11 is 0. The highest BCUT2D eigenvalue weighted by molar-refractivity contribution is 7.86. The van der Waals surface area contributed by atoms with Gasteiger partial charge in [0, 0.05) is 52.7 Å². The van der Waals surface area contributed by atoms with Crippen LogP contribution in [0, 0.1) is 0 Å². The Morgan fingerprint density at radius 3 is 2.43 bits per heavy atom. The van der Waals surface area contributed by atoms with Crippen LogP contribution in [0.1, 0.15) is 25.6 Å². The fourth-order valence-corrected chi connectivity index (χ4v) is 4.39. The Kier molecular flexibility index (Phi) is 7.84. The number of hydrogen-bond donors (Lipinski definition) is 1. The minimum Gasteiger partial charge on any atom is -0.377 e. The quantitative estimate of drug-likeness (QED) is 0.466. The van der Waals surface area contributed by atoms with Crippen LogP contribution in [-0.4, -0.2) is 57.9 Å². The number of nitrogens with zero attached hydrogens (tertiary/aromatic N) is 2. The van der Waals surface area contributed by atoms with Gasteiger partial charge in [-0.05, 0) is 19.8 Å². The lowest BCUT2D eigenvalue weighted by molar-refractivity contribution is 0.123. The molecule has 1 N–H and O–H groups in total. The van der Waals surface area contributed by atoms with Gasteiger partial charge >= 0.3 is 8.80 Å². The van der Waals surface area contributed by atoms with Gasteiger partial charge in [-0.15, -0.1) is 0 Å². The van der Waals surface area contributed by atoms with E-state index in [-0.39, 0.29) is 0 Å². The van der Waals surface area contributed by atoms with Crippen LogP contribution in [0.2, 0.25) is 6.04 Å². The van der Waals surface area contributed by atoms with E-state index in [0.29, 0.717) is 25.4 Å². The van der Waals surface area contributed by atoms with E-state index in [2.05, 4.69) is 4.98 Å². The summed E-state index contributed by atoms with van der Waals surface area (Å²) in [5.41, 5.74) is 0. The maximum absolute atomic E-state index is 11.1. The second-order valence-corrected chi connectivity index (χ2v) is 10.2. The Morgan fingerprint density at radius 2 is 1.91 bits per heavy atom. The summed E-state index contributed by atoms with van der Waals surface area (Å²) in [4.78, 5) is 4.30. The fourth-order valence-electron chi connectivity index (χ4n) is 2.26. The van der Waals surface area contributed by atoms with Crippen molar-refractivity contribution >= 4 is 18.9 Å². The summed E-state index contributed by atoms with van der Waals surface area (Å²) in [5, 5.41) is -0.798. The monoisotopic (exact) mass is 366 g/mol. The molecule has 23 heavy (non-hydrogen) atoms. The van der Waals surface area contributed by atoms with E-state index in [4.69, 9.17) is 17.8 Å². The van der Waals surface area contributed by atoms with Crippen LogP contribution in [0.4, 0.5) is 0 Å². The Hall–Kier alpha value is -0.783. The molecule has 0 saturated heterocycles. The van der Waals surface area contributed by atoms with E-state index < -0.39 is 24.2 Å². The molecule has 1 unspecified atom stereocenters. The Morgan fingerprint density at radius 1 is 1.30 bits per heavy atom. The molecule has 0 aromatic carbocycles. The lowest BCUT2D eigenvalue weighted by Crippen LogP contribution is -2.42. The van der Waals surface area contributed by atoms with Gasteiger partial charge in [-0.1, -0.05) is 0 Å². The van der Waals surface area contributed by atoms with Crippen molar-refractivity contribution in [3.8, 4) is 0 Å². The Labute approximate surface area is 138 Å². The van der Waals surface area contributed by atoms with E-state index in [0.717, 1.165) is 12.2 Å². The molecule has 0 amide bonds. The molecule has 0 aliphatic carbocycles. The first-order valence-corrected chi connectivity index (χ1v) is 10.8. The predicted octanol–water partition coefficient (Wildman–Crippen LogP) is 1.36. The third-order valence-electron chi connectivity index (χ3n) is 3.90. The third-order valence-corrected chi connectivity index (χ3v) is 7.99. The number of rotatable bonds is 11. The molecule has 0 radical (unpaired) electrons. The minimum absolute atomic E-state index is 0.328. The first-order chi connectivity index (χ1) is 10.8. The van der Waals surface area contributed by atoms with Gasteiger partial charge in [-0.25, -0.2) is 4.98 Å². The zero-order valence-corrected chi connectivity index (χ0v) is 15.9. The van der Waals surface area contributed by atoms with Crippen LogP contribution in [0.3, 0.4) is 0 Å². The molecule has 0 aliphatic heterocycles. The molecule has 0 bridgehead atoms. The molecule has 0 saturated carbocycles. The number of imidazole rings is 1. The zero-order valence-electron chi connectivity index (χ0n) is 14.1. The molecule has 1 rings (SSSR count). The zero-order chi connectivity index (χ0) is 17.5. The summed E-state index contributed by atoms with van der Waals surface area (Å²) in [6.45, 7) is 1.97. The lowest BCUT2D eigenvalue weighted by atomic mass is 10.3. The smallest absolute Gasteiger partial charge is 0.377 e. The molecule has 0 spiro atoms. The second-order valence-electron chi connectivity index (χ2n) is 5.30. The van der Waals surface area contributed by atoms with Crippen LogP contribution < -0.4 is 0 Å². The van der Waals surface area contributed by atoms with E-state index >= 15 is 0 Å². The highest BCUT2D eigenvalue weighted by Gasteiger charge is 2.36. The molecule has 10 heteroatoms. The third kappa shape index (κ3) is 5.97. The van der Waals surface area contributed by atoms with Crippen molar-refractivity contribution in [1.82, 2.24) is 9.55 Å². The average molecular weight is 367 g/mol. The average Bonchev–Trinajstić information content (AvgIpc) is 2.96. The van der Waals surface area contributed by atoms with Gasteiger partial charge in [0.2, 0.25) is 0 Å². The van der Waals surface area contributed by atoms with Crippen molar-refractivity contribution in [3.63, 3.8) is 0 Å². The van der Waals surface area contributed by atoms with Crippen molar-refractivity contribution in [1.29, 1.82) is 0 Å². The molecule has 0 aliphatic rings. The van der Waals surface area contributed by atoms with Crippen molar-refractivity contribution in [2.75, 3.05) is 21.3 Å². The van der Waals surface area contributed by atoms with Crippen molar-refractivity contribution in [2.45, 2.75) is 44.0 Å². The first kappa shape index (κ1) is 20.3. The molecule has 1 heterocycles. The Bertz CT molecular complexity index is 565. The molecular weight excluding hydrogens is 340 g/mol. The van der Waals surface area contributed by atoms with Gasteiger partial charge in [0.1, 0.15) is 5.82 Å². The Balaban J connectivity index is 2.56. The second kappa shape index (κ2) is 8.90. The lowest BCUT2D eigenvalue weighted by Gasteiger charge is -2.24. The van der Waals surface area contributed by atoms with Gasteiger partial charge in [0.05, 0.1) is 5.25 Å². The molecule has 1 aromatic rings. The topological polar surface area (TPSA) is 99.9 Å². The normalized spacial score (nSPS) is 14.1. The number of aromatic nitrogens is 2. The van der Waals surface area contributed by atoms with Gasteiger partial charge in [-0.2, -0.15) is 8.42 Å². The summed E-state index contributed by atoms with van der Waals surface area (Å²) in [5.74, 6) is 0.860. The standard InChI is InChI=1S/C13H26N2O6SSi/c1-12(22(16,17)18)7-9-15-10-8-14-13(15)6-5-11-23(19-2,20-3)21-4/h8,10,12H,5-7,9,11H2,1-4H3,(H,16,17,18). The maximum atomic E-state index is 11.1.